The normalized spacial score (nSPS) is 14.5. The van der Waals surface area contributed by atoms with E-state index >= 15 is 0 Å². The van der Waals surface area contributed by atoms with E-state index in [1.807, 2.05) is 0 Å². The highest BCUT2D eigenvalue weighted by Crippen LogP contribution is 2.28. The maximum absolute atomic E-state index is 5.47. The van der Waals surface area contributed by atoms with E-state index in [2.05, 4.69) is 53.9 Å². The number of nitrogens with zero attached hydrogens (tertiary/aromatic N) is 2. The minimum Gasteiger partial charge on any atom is -0.339 e. The Hall–Kier alpha value is -1.20. The van der Waals surface area contributed by atoms with Gasteiger partial charge in [0.25, 0.3) is 0 Å². The molecule has 0 aromatic carbocycles. The first-order valence-corrected chi connectivity index (χ1v) is 7.71. The number of thiophene rings is 1. The molecule has 1 N–H and O–H groups in total. The van der Waals surface area contributed by atoms with Crippen LogP contribution in [0.5, 0.6) is 0 Å². The van der Waals surface area contributed by atoms with Crippen molar-refractivity contribution in [3.8, 4) is 11.4 Å². The third-order valence-electron chi connectivity index (χ3n) is 3.42. The number of hydrogen-bond donors (Lipinski definition) is 1. The summed E-state index contributed by atoms with van der Waals surface area (Å²) in [6, 6.07) is 0.340. The molecule has 2 rings (SSSR count). The van der Waals surface area contributed by atoms with Crippen LogP contribution in [0.3, 0.4) is 0 Å². The van der Waals surface area contributed by atoms with Gasteiger partial charge in [-0.05, 0) is 37.8 Å². The van der Waals surface area contributed by atoms with Gasteiger partial charge >= 0.3 is 0 Å². The third kappa shape index (κ3) is 3.04. The smallest absolute Gasteiger partial charge is 0.231 e. The molecule has 0 aliphatic carbocycles. The lowest BCUT2D eigenvalue weighted by Crippen LogP contribution is -2.31. The molecule has 4 nitrogen and oxygen atoms in total. The zero-order valence-electron chi connectivity index (χ0n) is 11.9. The van der Waals surface area contributed by atoms with Crippen LogP contribution in [0.4, 0.5) is 0 Å². The Labute approximate surface area is 118 Å². The third-order valence-corrected chi connectivity index (χ3v) is 4.29. The van der Waals surface area contributed by atoms with E-state index in [4.69, 9.17) is 4.52 Å². The maximum Gasteiger partial charge on any atom is 0.231 e. The zero-order valence-corrected chi connectivity index (χ0v) is 12.8. The van der Waals surface area contributed by atoms with Crippen molar-refractivity contribution in [3.63, 3.8) is 0 Å². The maximum atomic E-state index is 5.47. The Balaban J connectivity index is 2.22. The van der Waals surface area contributed by atoms with E-state index < -0.39 is 0 Å². The Kier molecular flexibility index (Phi) is 4.71. The van der Waals surface area contributed by atoms with E-state index in [0.717, 1.165) is 24.4 Å². The molecule has 2 atom stereocenters. The number of aromatic nitrogens is 2. The summed E-state index contributed by atoms with van der Waals surface area (Å²) in [6.45, 7) is 9.44. The van der Waals surface area contributed by atoms with Crippen LogP contribution < -0.4 is 5.32 Å². The predicted molar refractivity (Wildman–Crippen MR) is 78.5 cm³/mol. The highest BCUT2D eigenvalue weighted by Gasteiger charge is 2.23. The summed E-state index contributed by atoms with van der Waals surface area (Å²) in [5.74, 6) is 1.70. The molecular formula is C14H21N3OS. The summed E-state index contributed by atoms with van der Waals surface area (Å²) in [7, 11) is 0. The van der Waals surface area contributed by atoms with Crippen LogP contribution in [0, 0.1) is 6.92 Å². The van der Waals surface area contributed by atoms with Gasteiger partial charge in [-0.3, -0.25) is 0 Å². The second-order valence-electron chi connectivity index (χ2n) is 4.79. The quantitative estimate of drug-likeness (QED) is 0.877. The average Bonchev–Trinajstić information content (AvgIpc) is 2.99. The fraction of sp³-hybridized carbons (Fsp3) is 0.571. The molecule has 5 heteroatoms. The minimum atomic E-state index is 0.264. The molecule has 0 amide bonds. The van der Waals surface area contributed by atoms with Crippen LogP contribution in [0.15, 0.2) is 15.3 Å². The van der Waals surface area contributed by atoms with Gasteiger partial charge in [-0.1, -0.05) is 19.0 Å². The topological polar surface area (TPSA) is 51.0 Å². The lowest BCUT2D eigenvalue weighted by molar-refractivity contribution is 0.318. The predicted octanol–water partition coefficient (Wildman–Crippen LogP) is 3.60. The van der Waals surface area contributed by atoms with Crippen molar-refractivity contribution >= 4 is 11.3 Å². The summed E-state index contributed by atoms with van der Waals surface area (Å²) >= 11 is 1.66. The number of aryl methyl sites for hydroxylation is 1. The molecule has 0 saturated carbocycles. The summed E-state index contributed by atoms with van der Waals surface area (Å²) in [5.41, 5.74) is 2.27. The highest BCUT2D eigenvalue weighted by atomic mass is 32.1. The molecule has 0 spiro atoms. The van der Waals surface area contributed by atoms with Gasteiger partial charge in [-0.25, -0.2) is 0 Å². The molecule has 19 heavy (non-hydrogen) atoms. The molecule has 0 aliphatic rings. The van der Waals surface area contributed by atoms with Gasteiger partial charge in [-0.2, -0.15) is 16.3 Å². The molecule has 2 heterocycles. The Morgan fingerprint density at radius 1 is 1.37 bits per heavy atom. The van der Waals surface area contributed by atoms with E-state index in [9.17, 15) is 0 Å². The first kappa shape index (κ1) is 14.2. The van der Waals surface area contributed by atoms with Crippen LogP contribution in [0.2, 0.25) is 0 Å². The SMILES string of the molecule is CCNC(C)C(CC)c1nc(-c2cscc2C)no1. The second-order valence-corrected chi connectivity index (χ2v) is 5.53. The van der Waals surface area contributed by atoms with Crippen molar-refractivity contribution in [2.45, 2.75) is 46.1 Å². The van der Waals surface area contributed by atoms with Crippen LogP contribution in [0.1, 0.15) is 44.6 Å². The van der Waals surface area contributed by atoms with Crippen molar-refractivity contribution in [1.29, 1.82) is 0 Å². The zero-order chi connectivity index (χ0) is 13.8. The van der Waals surface area contributed by atoms with Gasteiger partial charge in [0.05, 0.1) is 5.92 Å². The van der Waals surface area contributed by atoms with Gasteiger partial charge in [0.1, 0.15) is 0 Å². The van der Waals surface area contributed by atoms with Gasteiger partial charge in [-0.15, -0.1) is 0 Å². The standard InChI is InChI=1S/C14H21N3OS/c1-5-11(10(4)15-6-2)14-16-13(17-18-14)12-8-19-7-9(12)3/h7-8,10-11,15H,5-6H2,1-4H3. The molecule has 0 radical (unpaired) electrons. The lowest BCUT2D eigenvalue weighted by atomic mass is 9.98. The Morgan fingerprint density at radius 3 is 2.74 bits per heavy atom. The van der Waals surface area contributed by atoms with Gasteiger partial charge in [0.15, 0.2) is 0 Å². The summed E-state index contributed by atoms with van der Waals surface area (Å²) in [6.07, 6.45) is 0.985. The average molecular weight is 279 g/mol. The summed E-state index contributed by atoms with van der Waals surface area (Å²) in [4.78, 5) is 4.58. The fourth-order valence-corrected chi connectivity index (χ4v) is 3.12. The Bertz CT molecular complexity index is 520. The number of hydrogen-bond acceptors (Lipinski definition) is 5. The number of likely N-dealkylation sites (N-methyl/N-ethyl adjacent to an activating group) is 1. The number of nitrogens with one attached hydrogen (secondary N) is 1. The molecule has 0 saturated heterocycles. The van der Waals surface area contributed by atoms with Crippen molar-refractivity contribution in [3.05, 3.63) is 22.2 Å². The summed E-state index contributed by atoms with van der Waals surface area (Å²) in [5, 5.41) is 11.7. The van der Waals surface area contributed by atoms with Crippen molar-refractivity contribution in [1.82, 2.24) is 15.5 Å². The van der Waals surface area contributed by atoms with E-state index in [0.29, 0.717) is 11.9 Å². The van der Waals surface area contributed by atoms with Gasteiger partial charge in [0, 0.05) is 17.0 Å². The molecular weight excluding hydrogens is 258 g/mol. The lowest BCUT2D eigenvalue weighted by Gasteiger charge is -2.19. The first-order chi connectivity index (χ1) is 9.17. The second kappa shape index (κ2) is 6.30. The molecule has 2 aromatic heterocycles. The first-order valence-electron chi connectivity index (χ1n) is 6.77. The molecule has 2 unspecified atom stereocenters. The molecule has 104 valence electrons. The molecule has 0 aliphatic heterocycles. The van der Waals surface area contributed by atoms with Crippen molar-refractivity contribution in [2.75, 3.05) is 6.54 Å². The van der Waals surface area contributed by atoms with Crippen molar-refractivity contribution in [2.24, 2.45) is 0 Å². The van der Waals surface area contributed by atoms with Gasteiger partial charge < -0.3 is 9.84 Å². The fourth-order valence-electron chi connectivity index (χ4n) is 2.29. The molecule has 0 fully saturated rings. The minimum absolute atomic E-state index is 0.264. The number of rotatable bonds is 6. The largest absolute Gasteiger partial charge is 0.339 e. The summed E-state index contributed by atoms with van der Waals surface area (Å²) < 4.78 is 5.47. The van der Waals surface area contributed by atoms with Crippen molar-refractivity contribution < 1.29 is 4.52 Å². The monoisotopic (exact) mass is 279 g/mol. The molecule has 0 bridgehead atoms. The van der Waals surface area contributed by atoms with Crippen LogP contribution in [-0.4, -0.2) is 22.7 Å². The van der Waals surface area contributed by atoms with Gasteiger partial charge in [0.2, 0.25) is 11.7 Å². The Morgan fingerprint density at radius 2 is 2.16 bits per heavy atom. The van der Waals surface area contributed by atoms with E-state index in [1.165, 1.54) is 5.56 Å². The molecule has 2 aromatic rings. The van der Waals surface area contributed by atoms with E-state index in [-0.39, 0.29) is 5.92 Å². The van der Waals surface area contributed by atoms with Crippen LogP contribution >= 0.6 is 11.3 Å². The highest BCUT2D eigenvalue weighted by molar-refractivity contribution is 7.08. The van der Waals surface area contributed by atoms with Crippen LogP contribution in [0.25, 0.3) is 11.4 Å². The van der Waals surface area contributed by atoms with Crippen LogP contribution in [-0.2, 0) is 0 Å². The van der Waals surface area contributed by atoms with E-state index in [1.54, 1.807) is 11.3 Å².